The van der Waals surface area contributed by atoms with E-state index in [1.54, 1.807) is 48.5 Å². The third kappa shape index (κ3) is 5.72. The lowest BCUT2D eigenvalue weighted by Crippen LogP contribution is -2.23. The second-order valence-corrected chi connectivity index (χ2v) is 6.35. The molecule has 3 aromatic rings. The summed E-state index contributed by atoms with van der Waals surface area (Å²) in [5.41, 5.74) is 3.11. The Morgan fingerprint density at radius 2 is 1.90 bits per heavy atom. The number of rotatable bonds is 7. The first-order chi connectivity index (χ1) is 14.4. The molecule has 152 valence electrons. The zero-order valence-corrected chi connectivity index (χ0v) is 16.0. The highest BCUT2D eigenvalue weighted by molar-refractivity contribution is 6.30. The van der Waals surface area contributed by atoms with Gasteiger partial charge in [-0.2, -0.15) is 10.2 Å². The molecular weight excluding hydrogens is 414 g/mol. The highest BCUT2D eigenvalue weighted by Crippen LogP contribution is 2.15. The van der Waals surface area contributed by atoms with Crippen LogP contribution in [0.4, 0.5) is 5.69 Å². The predicted molar refractivity (Wildman–Crippen MR) is 107 cm³/mol. The van der Waals surface area contributed by atoms with Crippen molar-refractivity contribution in [2.24, 2.45) is 5.10 Å². The number of hydrazone groups is 1. The Kier molecular flexibility index (Phi) is 6.50. The zero-order valence-electron chi connectivity index (χ0n) is 15.3. The molecule has 2 aromatic carbocycles. The maximum atomic E-state index is 12.1. The van der Waals surface area contributed by atoms with Gasteiger partial charge in [0.05, 0.1) is 16.7 Å². The number of hydrogen-bond acceptors (Lipinski definition) is 7. The monoisotopic (exact) mass is 427 g/mol. The van der Waals surface area contributed by atoms with E-state index in [0.29, 0.717) is 21.9 Å². The van der Waals surface area contributed by atoms with Crippen molar-refractivity contribution in [1.82, 2.24) is 15.2 Å². The summed E-state index contributed by atoms with van der Waals surface area (Å²) in [5.74, 6) is -0.673. The lowest BCUT2D eigenvalue weighted by Gasteiger charge is -2.04. The van der Waals surface area contributed by atoms with Crippen molar-refractivity contribution in [3.8, 4) is 5.75 Å². The zero-order chi connectivity index (χ0) is 21.5. The molecule has 0 unspecified atom stereocenters. The van der Waals surface area contributed by atoms with Crippen molar-refractivity contribution in [2.75, 3.05) is 0 Å². The van der Waals surface area contributed by atoms with E-state index in [4.69, 9.17) is 16.3 Å². The molecule has 0 fully saturated rings. The highest BCUT2D eigenvalue weighted by atomic mass is 35.5. The van der Waals surface area contributed by atoms with Crippen LogP contribution in [0.15, 0.2) is 66.0 Å². The Labute approximate surface area is 174 Å². The van der Waals surface area contributed by atoms with Gasteiger partial charge in [0.25, 0.3) is 5.91 Å². The van der Waals surface area contributed by atoms with E-state index in [2.05, 4.69) is 15.6 Å². The van der Waals surface area contributed by atoms with Crippen molar-refractivity contribution in [2.45, 2.75) is 6.54 Å². The number of ether oxygens (including phenoxy) is 1. The molecule has 0 saturated carbocycles. The largest absolute Gasteiger partial charge is 0.423 e. The molecule has 1 N–H and O–H groups in total. The summed E-state index contributed by atoms with van der Waals surface area (Å²) < 4.78 is 6.40. The van der Waals surface area contributed by atoms with Crippen LogP contribution in [0.5, 0.6) is 5.75 Å². The average molecular weight is 428 g/mol. The molecule has 0 saturated heterocycles. The molecule has 0 atom stereocenters. The molecule has 0 aliphatic carbocycles. The minimum atomic E-state index is -0.601. The molecule has 11 heteroatoms. The molecule has 0 radical (unpaired) electrons. The molecule has 0 aliphatic rings. The standard InChI is InChI=1S/C19H14ClN5O5/c20-15-5-3-14(4-6-15)19(27)30-17-7-1-13(2-8-17)9-21-23-18(26)12-24-11-16(10-22-24)25(28)29/h1-11H,12H2,(H,23,26)/b21-9+. The van der Waals surface area contributed by atoms with E-state index in [0.717, 1.165) is 17.1 Å². The maximum Gasteiger partial charge on any atom is 0.343 e. The van der Waals surface area contributed by atoms with E-state index in [9.17, 15) is 19.7 Å². The number of amides is 1. The van der Waals surface area contributed by atoms with Crippen LogP contribution in [0.25, 0.3) is 0 Å². The van der Waals surface area contributed by atoms with Crippen molar-refractivity contribution in [3.63, 3.8) is 0 Å². The van der Waals surface area contributed by atoms with Gasteiger partial charge in [0.2, 0.25) is 0 Å². The molecule has 0 aliphatic heterocycles. The Morgan fingerprint density at radius 1 is 1.20 bits per heavy atom. The van der Waals surface area contributed by atoms with E-state index in [1.807, 2.05) is 0 Å². The van der Waals surface area contributed by atoms with E-state index in [1.165, 1.54) is 6.21 Å². The smallest absolute Gasteiger partial charge is 0.343 e. The topological polar surface area (TPSA) is 129 Å². The molecule has 1 heterocycles. The van der Waals surface area contributed by atoms with E-state index < -0.39 is 16.8 Å². The number of benzene rings is 2. The van der Waals surface area contributed by atoms with Crippen LogP contribution < -0.4 is 10.2 Å². The fraction of sp³-hybridized carbons (Fsp3) is 0.0526. The summed E-state index contributed by atoms with van der Waals surface area (Å²) in [5, 5.41) is 18.6. The van der Waals surface area contributed by atoms with Crippen LogP contribution in [-0.2, 0) is 11.3 Å². The van der Waals surface area contributed by atoms with Crippen LogP contribution in [-0.4, -0.2) is 32.8 Å². The summed E-state index contributed by atoms with van der Waals surface area (Å²) in [4.78, 5) is 33.8. The minimum Gasteiger partial charge on any atom is -0.423 e. The van der Waals surface area contributed by atoms with Gasteiger partial charge in [-0.25, -0.2) is 10.2 Å². The summed E-state index contributed by atoms with van der Waals surface area (Å²) in [6, 6.07) is 12.8. The number of nitrogens with zero attached hydrogens (tertiary/aromatic N) is 4. The minimum absolute atomic E-state index is 0.205. The molecule has 1 aromatic heterocycles. The summed E-state index contributed by atoms with van der Waals surface area (Å²) in [6.45, 7) is -0.217. The number of aromatic nitrogens is 2. The van der Waals surface area contributed by atoms with Gasteiger partial charge in [-0.15, -0.1) is 0 Å². The quantitative estimate of drug-likeness (QED) is 0.203. The fourth-order valence-electron chi connectivity index (χ4n) is 2.27. The predicted octanol–water partition coefficient (Wildman–Crippen LogP) is 2.81. The van der Waals surface area contributed by atoms with Gasteiger partial charge in [0.15, 0.2) is 0 Å². The van der Waals surface area contributed by atoms with Crippen LogP contribution in [0.3, 0.4) is 0 Å². The second-order valence-electron chi connectivity index (χ2n) is 5.91. The Morgan fingerprint density at radius 3 is 2.53 bits per heavy atom. The number of carbonyl (C=O) groups excluding carboxylic acids is 2. The average Bonchev–Trinajstić information content (AvgIpc) is 3.18. The normalized spacial score (nSPS) is 10.7. The SMILES string of the molecule is O=C(Cn1cc([N+](=O)[O-])cn1)N/N=C/c1ccc(OC(=O)c2ccc(Cl)cc2)cc1. The second kappa shape index (κ2) is 9.43. The third-order valence-corrected chi connectivity index (χ3v) is 3.96. The van der Waals surface area contributed by atoms with Crippen molar-refractivity contribution in [3.05, 3.63) is 87.2 Å². The Balaban J connectivity index is 1.50. The summed E-state index contributed by atoms with van der Waals surface area (Å²) in [7, 11) is 0. The first-order valence-electron chi connectivity index (χ1n) is 8.47. The first-order valence-corrected chi connectivity index (χ1v) is 8.85. The summed E-state index contributed by atoms with van der Waals surface area (Å²) in [6.07, 6.45) is 3.60. The fourth-order valence-corrected chi connectivity index (χ4v) is 2.39. The van der Waals surface area contributed by atoms with Crippen molar-refractivity contribution >= 4 is 35.4 Å². The Bertz CT molecular complexity index is 1090. The van der Waals surface area contributed by atoms with Gasteiger partial charge >= 0.3 is 11.7 Å². The molecule has 0 bridgehead atoms. The van der Waals surface area contributed by atoms with Crippen LogP contribution in [0, 0.1) is 10.1 Å². The lowest BCUT2D eigenvalue weighted by atomic mass is 10.2. The van der Waals surface area contributed by atoms with E-state index >= 15 is 0 Å². The van der Waals surface area contributed by atoms with E-state index in [-0.39, 0.29) is 12.2 Å². The van der Waals surface area contributed by atoms with Gasteiger partial charge in [0.1, 0.15) is 24.7 Å². The van der Waals surface area contributed by atoms with Crippen LogP contribution in [0.1, 0.15) is 15.9 Å². The molecular formula is C19H14ClN5O5. The molecule has 1 amide bonds. The van der Waals surface area contributed by atoms with Crippen molar-refractivity contribution in [1.29, 1.82) is 0 Å². The Hall–Kier alpha value is -4.05. The van der Waals surface area contributed by atoms with Gasteiger partial charge in [0, 0.05) is 5.02 Å². The van der Waals surface area contributed by atoms with Crippen LogP contribution >= 0.6 is 11.6 Å². The number of nitrogens with one attached hydrogen (secondary N) is 1. The lowest BCUT2D eigenvalue weighted by molar-refractivity contribution is -0.385. The van der Waals surface area contributed by atoms with Crippen molar-refractivity contribution < 1.29 is 19.2 Å². The molecule has 30 heavy (non-hydrogen) atoms. The van der Waals surface area contributed by atoms with Gasteiger partial charge in [-0.05, 0) is 54.1 Å². The van der Waals surface area contributed by atoms with Gasteiger partial charge < -0.3 is 4.74 Å². The van der Waals surface area contributed by atoms with Gasteiger partial charge in [-0.3, -0.25) is 19.6 Å². The number of esters is 1. The molecule has 10 nitrogen and oxygen atoms in total. The first kappa shape index (κ1) is 20.7. The summed E-state index contributed by atoms with van der Waals surface area (Å²) >= 11 is 5.79. The third-order valence-electron chi connectivity index (χ3n) is 3.71. The molecule has 3 rings (SSSR count). The number of halogens is 1. The van der Waals surface area contributed by atoms with Crippen LogP contribution in [0.2, 0.25) is 5.02 Å². The number of nitro groups is 1. The number of hydrogen-bond donors (Lipinski definition) is 1. The molecule has 0 spiro atoms. The highest BCUT2D eigenvalue weighted by Gasteiger charge is 2.11. The van der Waals surface area contributed by atoms with Gasteiger partial charge in [-0.1, -0.05) is 11.6 Å². The maximum absolute atomic E-state index is 12.1. The number of carbonyl (C=O) groups is 2.